The molecule has 3 rings (SSSR count). The number of benzene rings is 2. The Morgan fingerprint density at radius 3 is 2.69 bits per heavy atom. The second-order valence-electron chi connectivity index (χ2n) is 5.54. The molecule has 1 aliphatic rings. The smallest absolute Gasteiger partial charge is 0.341 e. The number of ether oxygens (including phenoxy) is 1. The molecule has 1 heterocycles. The van der Waals surface area contributed by atoms with Crippen molar-refractivity contribution in [1.82, 2.24) is 5.32 Å². The van der Waals surface area contributed by atoms with Crippen molar-refractivity contribution in [2.75, 3.05) is 6.61 Å². The first-order valence-electron chi connectivity index (χ1n) is 7.81. The number of amides is 1. The van der Waals surface area contributed by atoms with Gasteiger partial charge in [-0.3, -0.25) is 4.79 Å². The van der Waals surface area contributed by atoms with E-state index in [2.05, 4.69) is 10.3 Å². The van der Waals surface area contributed by atoms with Crippen molar-refractivity contribution in [3.63, 3.8) is 0 Å². The summed E-state index contributed by atoms with van der Waals surface area (Å²) in [7, 11) is 0. The monoisotopic (exact) mass is 368 g/mol. The third-order valence-corrected chi connectivity index (χ3v) is 4.38. The fraction of sp³-hybridized carbons (Fsp3) is 0.105. The van der Waals surface area contributed by atoms with Crippen LogP contribution >= 0.6 is 11.8 Å². The van der Waals surface area contributed by atoms with Crippen LogP contribution in [0.15, 0.2) is 58.4 Å². The number of thioether (sulfide) groups is 1. The van der Waals surface area contributed by atoms with Gasteiger partial charge in [-0.05, 0) is 43.0 Å². The molecule has 0 bridgehead atoms. The quantitative estimate of drug-likeness (QED) is 0.790. The Labute approximate surface area is 154 Å². The average Bonchev–Trinajstić information content (AvgIpc) is 2.95. The molecule has 1 fully saturated rings. The standard InChI is InChI=1S/C19H16N2O4S/c1-12-6-8-14(9-7-12)20-19-21-18(24)16(26-19)10-13-4-2-3-5-15(13)25-11-17(22)23/h2-10H,11H2,1H3,(H,22,23)(H,20,21,24)/b16-10-. The lowest BCUT2D eigenvalue weighted by atomic mass is 10.2. The Morgan fingerprint density at radius 2 is 1.96 bits per heavy atom. The van der Waals surface area contributed by atoms with E-state index >= 15 is 0 Å². The van der Waals surface area contributed by atoms with Crippen molar-refractivity contribution in [3.8, 4) is 5.75 Å². The van der Waals surface area contributed by atoms with Gasteiger partial charge in [-0.1, -0.05) is 35.9 Å². The number of carbonyl (C=O) groups is 2. The first kappa shape index (κ1) is 17.8. The van der Waals surface area contributed by atoms with Gasteiger partial charge >= 0.3 is 5.97 Å². The lowest BCUT2D eigenvalue weighted by Crippen LogP contribution is -2.19. The van der Waals surface area contributed by atoms with Crippen molar-refractivity contribution in [1.29, 1.82) is 0 Å². The van der Waals surface area contributed by atoms with E-state index in [4.69, 9.17) is 9.84 Å². The Balaban J connectivity index is 1.81. The van der Waals surface area contributed by atoms with Gasteiger partial charge < -0.3 is 15.2 Å². The van der Waals surface area contributed by atoms with Crippen molar-refractivity contribution >= 4 is 40.6 Å². The van der Waals surface area contributed by atoms with Gasteiger partial charge in [0.05, 0.1) is 10.6 Å². The molecule has 26 heavy (non-hydrogen) atoms. The highest BCUT2D eigenvalue weighted by molar-refractivity contribution is 8.18. The lowest BCUT2D eigenvalue weighted by Gasteiger charge is -2.06. The van der Waals surface area contributed by atoms with Crippen LogP contribution in [0, 0.1) is 6.92 Å². The van der Waals surface area contributed by atoms with Gasteiger partial charge in [0.15, 0.2) is 11.8 Å². The molecule has 2 aromatic rings. The molecule has 0 saturated carbocycles. The number of aryl methyl sites for hydroxylation is 1. The molecule has 0 unspecified atom stereocenters. The molecule has 0 atom stereocenters. The minimum atomic E-state index is -1.06. The maximum absolute atomic E-state index is 12.2. The first-order chi connectivity index (χ1) is 12.5. The number of aliphatic imine (C=N–C) groups is 1. The number of nitrogens with zero attached hydrogens (tertiary/aromatic N) is 1. The molecule has 1 amide bonds. The molecule has 0 aliphatic carbocycles. The number of carboxylic acid groups (broad SMARTS) is 1. The van der Waals surface area contributed by atoms with Gasteiger partial charge in [-0.2, -0.15) is 0 Å². The molecule has 1 aliphatic heterocycles. The van der Waals surface area contributed by atoms with Crippen LogP contribution in [0.1, 0.15) is 11.1 Å². The molecular formula is C19H16N2O4S. The van der Waals surface area contributed by atoms with Gasteiger partial charge in [0, 0.05) is 5.56 Å². The molecule has 0 radical (unpaired) electrons. The number of hydrogen-bond acceptors (Lipinski definition) is 5. The van der Waals surface area contributed by atoms with Crippen LogP contribution in [0.3, 0.4) is 0 Å². The van der Waals surface area contributed by atoms with Crippen LogP contribution in [-0.2, 0) is 9.59 Å². The second-order valence-corrected chi connectivity index (χ2v) is 6.57. The topological polar surface area (TPSA) is 88.0 Å². The Morgan fingerprint density at radius 1 is 1.23 bits per heavy atom. The summed E-state index contributed by atoms with van der Waals surface area (Å²) in [6.07, 6.45) is 1.66. The van der Waals surface area contributed by atoms with Crippen molar-refractivity contribution in [2.24, 2.45) is 4.99 Å². The summed E-state index contributed by atoms with van der Waals surface area (Å²) < 4.78 is 5.26. The summed E-state index contributed by atoms with van der Waals surface area (Å²) in [4.78, 5) is 27.8. The van der Waals surface area contributed by atoms with Gasteiger partial charge in [-0.15, -0.1) is 0 Å². The highest BCUT2D eigenvalue weighted by atomic mass is 32.2. The number of amidine groups is 1. The zero-order valence-corrected chi connectivity index (χ0v) is 14.7. The van der Waals surface area contributed by atoms with Crippen LogP contribution in [0.2, 0.25) is 0 Å². The summed E-state index contributed by atoms with van der Waals surface area (Å²) in [5, 5.41) is 12.0. The number of carbonyl (C=O) groups excluding carboxylic acids is 1. The molecule has 2 aromatic carbocycles. The second kappa shape index (κ2) is 7.88. The van der Waals surface area contributed by atoms with Crippen molar-refractivity contribution in [2.45, 2.75) is 6.92 Å². The minimum absolute atomic E-state index is 0.256. The summed E-state index contributed by atoms with van der Waals surface area (Å²) in [6, 6.07) is 14.6. The zero-order chi connectivity index (χ0) is 18.5. The third kappa shape index (κ3) is 4.52. The SMILES string of the molecule is Cc1ccc(N=C2NC(=O)/C(=C/c3ccccc3OCC(=O)O)S2)cc1. The number of hydrogen-bond donors (Lipinski definition) is 2. The summed E-state index contributed by atoms with van der Waals surface area (Å²) in [6.45, 7) is 1.55. The molecule has 7 heteroatoms. The van der Waals surface area contributed by atoms with Gasteiger partial charge in [0.1, 0.15) is 5.75 Å². The molecule has 1 saturated heterocycles. The number of nitrogens with one attached hydrogen (secondary N) is 1. The van der Waals surface area contributed by atoms with Crippen molar-refractivity contribution in [3.05, 3.63) is 64.6 Å². The lowest BCUT2D eigenvalue weighted by molar-refractivity contribution is -0.139. The predicted molar refractivity (Wildman–Crippen MR) is 102 cm³/mol. The zero-order valence-electron chi connectivity index (χ0n) is 13.9. The summed E-state index contributed by atoms with van der Waals surface area (Å²) in [5.41, 5.74) is 2.52. The number of rotatable bonds is 5. The molecule has 2 N–H and O–H groups in total. The van der Waals surface area contributed by atoms with Crippen LogP contribution < -0.4 is 10.1 Å². The van der Waals surface area contributed by atoms with Gasteiger partial charge in [0.2, 0.25) is 0 Å². The maximum Gasteiger partial charge on any atom is 0.341 e. The molecule has 0 aromatic heterocycles. The van der Waals surface area contributed by atoms with E-state index in [1.165, 1.54) is 11.8 Å². The van der Waals surface area contributed by atoms with E-state index in [-0.39, 0.29) is 5.91 Å². The first-order valence-corrected chi connectivity index (χ1v) is 8.63. The largest absolute Gasteiger partial charge is 0.481 e. The van der Waals surface area contributed by atoms with Gasteiger partial charge in [-0.25, -0.2) is 9.79 Å². The predicted octanol–water partition coefficient (Wildman–Crippen LogP) is 3.35. The maximum atomic E-state index is 12.2. The fourth-order valence-corrected chi connectivity index (χ4v) is 3.06. The molecular weight excluding hydrogens is 352 g/mol. The number of para-hydroxylation sites is 1. The van der Waals surface area contributed by atoms with Crippen LogP contribution in [0.4, 0.5) is 5.69 Å². The van der Waals surface area contributed by atoms with Crippen LogP contribution in [-0.4, -0.2) is 28.8 Å². The van der Waals surface area contributed by atoms with E-state index < -0.39 is 12.6 Å². The highest BCUT2D eigenvalue weighted by Gasteiger charge is 2.24. The summed E-state index contributed by atoms with van der Waals surface area (Å²) in [5.74, 6) is -0.915. The molecule has 132 valence electrons. The van der Waals surface area contributed by atoms with Crippen molar-refractivity contribution < 1.29 is 19.4 Å². The summed E-state index contributed by atoms with van der Waals surface area (Å²) >= 11 is 1.22. The van der Waals surface area contributed by atoms with E-state index in [9.17, 15) is 9.59 Å². The Bertz CT molecular complexity index is 904. The minimum Gasteiger partial charge on any atom is -0.481 e. The Kier molecular flexibility index (Phi) is 5.38. The van der Waals surface area contributed by atoms with E-state index in [1.54, 1.807) is 30.3 Å². The van der Waals surface area contributed by atoms with Gasteiger partial charge in [0.25, 0.3) is 5.91 Å². The van der Waals surface area contributed by atoms with E-state index in [0.717, 1.165) is 11.3 Å². The number of aliphatic carboxylic acids is 1. The number of carboxylic acids is 1. The highest BCUT2D eigenvalue weighted by Crippen LogP contribution is 2.30. The van der Waals surface area contributed by atoms with E-state index in [1.807, 2.05) is 31.2 Å². The average molecular weight is 368 g/mol. The molecule has 6 nitrogen and oxygen atoms in total. The normalized spacial score (nSPS) is 16.7. The Hall–Kier alpha value is -3.06. The molecule has 0 spiro atoms. The fourth-order valence-electron chi connectivity index (χ4n) is 2.23. The van der Waals surface area contributed by atoms with Crippen LogP contribution in [0.5, 0.6) is 5.75 Å². The third-order valence-electron chi connectivity index (χ3n) is 3.47. The van der Waals surface area contributed by atoms with Crippen LogP contribution in [0.25, 0.3) is 6.08 Å². The van der Waals surface area contributed by atoms with E-state index in [0.29, 0.717) is 21.4 Å².